The van der Waals surface area contributed by atoms with Crippen LogP contribution in [-0.4, -0.2) is 92.9 Å². The Labute approximate surface area is 160 Å². The van der Waals surface area contributed by atoms with Gasteiger partial charge >= 0.3 is 0 Å². The van der Waals surface area contributed by atoms with Crippen LogP contribution in [0.25, 0.3) is 0 Å². The van der Waals surface area contributed by atoms with E-state index in [2.05, 4.69) is 0 Å². The third kappa shape index (κ3) is 8.00. The van der Waals surface area contributed by atoms with Crippen LogP contribution in [0.4, 0.5) is 0 Å². The molecular weight excluding hydrogens is 360 g/mol. The van der Waals surface area contributed by atoms with Crippen molar-refractivity contribution in [1.82, 2.24) is 0 Å². The lowest BCUT2D eigenvalue weighted by Gasteiger charge is -2.33. The first-order valence-electron chi connectivity index (χ1n) is 9.52. The minimum atomic E-state index is -1.42. The van der Waals surface area contributed by atoms with Gasteiger partial charge in [-0.3, -0.25) is 0 Å². The number of hydrogen-bond donors (Lipinski definition) is 6. The molecule has 27 heavy (non-hydrogen) atoms. The minimum Gasteiger partial charge on any atom is -0.499 e. The molecule has 2 aliphatic rings. The van der Waals surface area contributed by atoms with E-state index in [0.717, 1.165) is 0 Å². The zero-order chi connectivity index (χ0) is 21.0. The maximum absolute atomic E-state index is 9.71. The van der Waals surface area contributed by atoms with Crippen LogP contribution in [-0.2, 0) is 14.2 Å². The number of rotatable bonds is 6. The molecule has 8 unspecified atom stereocenters. The van der Waals surface area contributed by atoms with Crippen LogP contribution in [0.5, 0.6) is 0 Å². The molecule has 0 amide bonds. The van der Waals surface area contributed by atoms with Gasteiger partial charge in [0.25, 0.3) is 0 Å². The Bertz CT molecular complexity index is 381. The monoisotopic (exact) mass is 396 g/mol. The summed E-state index contributed by atoms with van der Waals surface area (Å²) in [5, 5.41) is 56.5. The van der Waals surface area contributed by atoms with Crippen molar-refractivity contribution in [3.05, 3.63) is 12.3 Å². The van der Waals surface area contributed by atoms with Crippen LogP contribution in [0.15, 0.2) is 12.3 Å². The zero-order valence-electron chi connectivity index (χ0n) is 16.5. The number of ether oxygens (including phenoxy) is 3. The molecule has 162 valence electrons. The van der Waals surface area contributed by atoms with Crippen molar-refractivity contribution in [3.63, 3.8) is 0 Å². The van der Waals surface area contributed by atoms with Gasteiger partial charge in [0.2, 0.25) is 0 Å². The maximum atomic E-state index is 9.71. The summed E-state index contributed by atoms with van der Waals surface area (Å²) in [6, 6.07) is 0. The fourth-order valence-corrected chi connectivity index (χ4v) is 2.62. The highest BCUT2D eigenvalue weighted by Crippen LogP contribution is 2.22. The van der Waals surface area contributed by atoms with E-state index < -0.39 is 49.0 Å². The Hall–Kier alpha value is -0.780. The van der Waals surface area contributed by atoms with Crippen molar-refractivity contribution in [3.8, 4) is 0 Å². The second-order valence-electron chi connectivity index (χ2n) is 5.76. The van der Waals surface area contributed by atoms with Crippen molar-refractivity contribution in [1.29, 1.82) is 0 Å². The average Bonchev–Trinajstić information content (AvgIpc) is 2.96. The van der Waals surface area contributed by atoms with Crippen molar-refractivity contribution >= 4 is 0 Å². The molecule has 0 saturated carbocycles. The van der Waals surface area contributed by atoms with Crippen molar-refractivity contribution in [2.75, 3.05) is 13.2 Å². The number of hydrogen-bond acceptors (Lipinski definition) is 9. The van der Waals surface area contributed by atoms with Gasteiger partial charge in [-0.1, -0.05) is 27.7 Å². The molecule has 0 aliphatic carbocycles. The lowest BCUT2D eigenvalue weighted by Crippen LogP contribution is -2.47. The van der Waals surface area contributed by atoms with E-state index in [0.29, 0.717) is 6.42 Å². The third-order valence-corrected chi connectivity index (χ3v) is 4.02. The highest BCUT2D eigenvalue weighted by Gasteiger charge is 2.42. The summed E-state index contributed by atoms with van der Waals surface area (Å²) >= 11 is 0. The molecule has 0 aromatic heterocycles. The second kappa shape index (κ2) is 14.3. The average molecular weight is 396 g/mol. The third-order valence-electron chi connectivity index (χ3n) is 4.02. The van der Waals surface area contributed by atoms with E-state index >= 15 is 0 Å². The molecule has 0 aromatic rings. The van der Waals surface area contributed by atoms with Gasteiger partial charge < -0.3 is 44.8 Å². The van der Waals surface area contributed by atoms with Gasteiger partial charge in [-0.25, -0.2) is 0 Å². The van der Waals surface area contributed by atoms with E-state index in [-0.39, 0.29) is 19.6 Å². The van der Waals surface area contributed by atoms with E-state index in [4.69, 9.17) is 19.3 Å². The Morgan fingerprint density at radius 1 is 0.889 bits per heavy atom. The molecule has 9 heteroatoms. The molecule has 0 spiro atoms. The second-order valence-corrected chi connectivity index (χ2v) is 5.76. The predicted molar refractivity (Wildman–Crippen MR) is 97.7 cm³/mol. The first-order valence-corrected chi connectivity index (χ1v) is 9.52. The van der Waals surface area contributed by atoms with Gasteiger partial charge in [0.15, 0.2) is 6.29 Å². The van der Waals surface area contributed by atoms with Gasteiger partial charge in [-0.2, -0.15) is 0 Å². The van der Waals surface area contributed by atoms with Crippen LogP contribution in [0.1, 0.15) is 40.5 Å². The molecule has 2 aliphatic heterocycles. The van der Waals surface area contributed by atoms with Crippen LogP contribution >= 0.6 is 0 Å². The van der Waals surface area contributed by atoms with Crippen molar-refractivity contribution in [2.45, 2.75) is 89.6 Å². The molecule has 9 nitrogen and oxygen atoms in total. The highest BCUT2D eigenvalue weighted by atomic mass is 16.6. The summed E-state index contributed by atoms with van der Waals surface area (Å²) in [7, 11) is 0. The fraction of sp³-hybridized carbons (Fsp3) is 0.889. The normalized spacial score (nSPS) is 38.6. The van der Waals surface area contributed by atoms with Crippen molar-refractivity contribution in [2.24, 2.45) is 0 Å². The molecule has 0 radical (unpaired) electrons. The summed E-state index contributed by atoms with van der Waals surface area (Å²) in [6.45, 7) is 7.61. The van der Waals surface area contributed by atoms with Crippen molar-refractivity contribution < 1.29 is 44.8 Å². The summed E-state index contributed by atoms with van der Waals surface area (Å²) < 4.78 is 15.6. The molecule has 6 N–H and O–H groups in total. The summed E-state index contributed by atoms with van der Waals surface area (Å²) in [5.74, 6) is 0. The molecule has 2 fully saturated rings. The largest absolute Gasteiger partial charge is 0.499 e. The maximum Gasteiger partial charge on any atom is 0.183 e. The van der Waals surface area contributed by atoms with Crippen LogP contribution in [0.2, 0.25) is 0 Å². The zero-order valence-corrected chi connectivity index (χ0v) is 16.5. The summed E-state index contributed by atoms with van der Waals surface area (Å²) in [5.41, 5.74) is 0. The molecular formula is C18H36O9. The molecule has 8 atom stereocenters. The number of aliphatic hydroxyl groups excluding tert-OH is 6. The minimum absolute atomic E-state index is 0.000709. The Morgan fingerprint density at radius 3 is 2.00 bits per heavy atom. The number of aliphatic hydroxyl groups is 6. The molecule has 2 saturated heterocycles. The lowest BCUT2D eigenvalue weighted by molar-refractivity contribution is -0.245. The van der Waals surface area contributed by atoms with Gasteiger partial charge in [0.05, 0.1) is 25.1 Å². The van der Waals surface area contributed by atoms with E-state index in [1.54, 1.807) is 6.08 Å². The summed E-state index contributed by atoms with van der Waals surface area (Å²) in [4.78, 5) is 0. The van der Waals surface area contributed by atoms with Gasteiger partial charge in [-0.15, -0.1) is 0 Å². The van der Waals surface area contributed by atoms with Gasteiger partial charge in [0.1, 0.15) is 37.1 Å². The Balaban J connectivity index is 0.00000158. The molecule has 2 heterocycles. The van der Waals surface area contributed by atoms with Crippen LogP contribution in [0, 0.1) is 0 Å². The Morgan fingerprint density at radius 2 is 1.48 bits per heavy atom. The van der Waals surface area contributed by atoms with Crippen LogP contribution < -0.4 is 0 Å². The Kier molecular flexibility index (Phi) is 13.8. The summed E-state index contributed by atoms with van der Waals surface area (Å²) in [6.07, 6.45) is -4.54. The first-order chi connectivity index (χ1) is 12.9. The molecule has 0 bridgehead atoms. The van der Waals surface area contributed by atoms with Crippen LogP contribution in [0.3, 0.4) is 0 Å². The van der Waals surface area contributed by atoms with Gasteiger partial charge in [0, 0.05) is 6.42 Å². The lowest BCUT2D eigenvalue weighted by atomic mass is 10.0. The van der Waals surface area contributed by atoms with Gasteiger partial charge in [-0.05, 0) is 12.5 Å². The van der Waals surface area contributed by atoms with E-state index in [1.165, 1.54) is 6.26 Å². The van der Waals surface area contributed by atoms with E-state index in [9.17, 15) is 25.5 Å². The molecule has 0 aromatic carbocycles. The first kappa shape index (κ1) is 26.2. The predicted octanol–water partition coefficient (Wildman–Crippen LogP) is -0.730. The SMILES string of the molecule is CC.CC.OCC1OC(COC=CCC2CC(O)C(O)C(O)O2)C(O)C1O. The smallest absolute Gasteiger partial charge is 0.183 e. The molecule has 2 rings (SSSR count). The highest BCUT2D eigenvalue weighted by molar-refractivity contribution is 4.91. The quantitative estimate of drug-likeness (QED) is 0.320. The van der Waals surface area contributed by atoms with E-state index in [1.807, 2.05) is 27.7 Å². The topological polar surface area (TPSA) is 149 Å². The fourth-order valence-electron chi connectivity index (χ4n) is 2.62. The standard InChI is InChI=1S/C14H24O9.2C2H6/c15-5-9-12(18)13(19)10(23-9)6-21-3-1-2-7-4-8(16)11(17)14(20)22-7;2*1-2/h1,3,7-20H,2,4-6H2;2*1-2H3.